The fourth-order valence-electron chi connectivity index (χ4n) is 3.72. The Labute approximate surface area is 198 Å². The second-order valence-electron chi connectivity index (χ2n) is 8.20. The average molecular weight is 469 g/mol. The van der Waals surface area contributed by atoms with Gasteiger partial charge in [-0.2, -0.15) is 0 Å². The topological polar surface area (TPSA) is 99.8 Å². The quantitative estimate of drug-likeness (QED) is 0.488. The summed E-state index contributed by atoms with van der Waals surface area (Å²) in [6.07, 6.45) is 0.395. The molecule has 34 heavy (non-hydrogen) atoms. The van der Waals surface area contributed by atoms with Crippen molar-refractivity contribution in [3.8, 4) is 0 Å². The normalized spacial score (nSPS) is 15.8. The van der Waals surface area contributed by atoms with Crippen LogP contribution in [0.5, 0.6) is 0 Å². The third kappa shape index (κ3) is 5.92. The molecule has 3 N–H and O–H groups in total. The summed E-state index contributed by atoms with van der Waals surface area (Å²) in [7, 11) is 0. The molecule has 8 nitrogen and oxygen atoms in total. The van der Waals surface area contributed by atoms with Crippen molar-refractivity contribution in [2.75, 3.05) is 17.2 Å². The van der Waals surface area contributed by atoms with Gasteiger partial charge in [0.15, 0.2) is 0 Å². The molecule has 9 heteroatoms. The molecule has 1 aliphatic heterocycles. The Hall–Kier alpha value is -3.88. The Kier molecular flexibility index (Phi) is 7.88. The lowest BCUT2D eigenvalue weighted by atomic mass is 9.94. The number of hydrogen-bond donors (Lipinski definition) is 3. The van der Waals surface area contributed by atoms with Crippen LogP contribution >= 0.6 is 0 Å². The first kappa shape index (κ1) is 24.8. The van der Waals surface area contributed by atoms with Crippen molar-refractivity contribution >= 4 is 29.4 Å². The third-order valence-corrected chi connectivity index (χ3v) is 5.17. The van der Waals surface area contributed by atoms with Crippen molar-refractivity contribution in [1.29, 1.82) is 0 Å². The fourth-order valence-corrected chi connectivity index (χ4v) is 3.72. The molecule has 180 valence electrons. The number of nitrogens with one attached hydrogen (secondary N) is 3. The van der Waals surface area contributed by atoms with Gasteiger partial charge < -0.3 is 20.7 Å². The molecule has 0 spiro atoms. The molecule has 0 radical (unpaired) electrons. The lowest BCUT2D eigenvalue weighted by Crippen LogP contribution is -2.48. The maximum absolute atomic E-state index is 13.4. The van der Waals surface area contributed by atoms with E-state index < -0.39 is 23.9 Å². The average Bonchev–Trinajstić information content (AvgIpc) is 2.75. The van der Waals surface area contributed by atoms with Crippen molar-refractivity contribution in [2.45, 2.75) is 46.3 Å². The summed E-state index contributed by atoms with van der Waals surface area (Å²) in [4.78, 5) is 39.7. The Balaban J connectivity index is 1.88. The Morgan fingerprint density at radius 2 is 1.76 bits per heavy atom. The molecule has 2 aromatic carbocycles. The van der Waals surface area contributed by atoms with Gasteiger partial charge in [0.2, 0.25) is 0 Å². The standard InChI is InChI=1S/C25H29FN4O4/c1-5-12-30-16(4)21(23(31)34-15(2)3)22(29-25(30)33)17-8-6-10-19(13-17)27-24(32)28-20-11-7-9-18(26)14-20/h6-11,13-15,22H,5,12H2,1-4H3,(H,29,33)(H2,27,28,32). The SMILES string of the molecule is CCCN1C(=O)NC(c2cccc(NC(=O)Nc3cccc(F)c3)c2)C(C(=O)OC(C)C)=C1C. The van der Waals surface area contributed by atoms with Crippen LogP contribution < -0.4 is 16.0 Å². The van der Waals surface area contributed by atoms with Crippen LogP contribution in [0.15, 0.2) is 59.8 Å². The van der Waals surface area contributed by atoms with Gasteiger partial charge in [-0.25, -0.2) is 18.8 Å². The Morgan fingerprint density at radius 1 is 1.12 bits per heavy atom. The maximum Gasteiger partial charge on any atom is 0.338 e. The van der Waals surface area contributed by atoms with Gasteiger partial charge in [-0.1, -0.05) is 25.1 Å². The summed E-state index contributed by atoms with van der Waals surface area (Å²) in [5.74, 6) is -0.978. The second kappa shape index (κ2) is 10.8. The van der Waals surface area contributed by atoms with Gasteiger partial charge in [0, 0.05) is 23.6 Å². The van der Waals surface area contributed by atoms with Crippen molar-refractivity contribution in [2.24, 2.45) is 0 Å². The Bertz CT molecular complexity index is 1120. The monoisotopic (exact) mass is 468 g/mol. The summed E-state index contributed by atoms with van der Waals surface area (Å²) < 4.78 is 18.8. The number of carbonyl (C=O) groups is 3. The van der Waals surface area contributed by atoms with E-state index in [0.717, 1.165) is 6.42 Å². The predicted octanol–water partition coefficient (Wildman–Crippen LogP) is 5.17. The number of esters is 1. The van der Waals surface area contributed by atoms with Crippen LogP contribution in [0.2, 0.25) is 0 Å². The molecule has 0 aliphatic carbocycles. The highest BCUT2D eigenvalue weighted by Crippen LogP contribution is 2.32. The number of amides is 4. The van der Waals surface area contributed by atoms with E-state index in [9.17, 15) is 18.8 Å². The largest absolute Gasteiger partial charge is 0.459 e. The lowest BCUT2D eigenvalue weighted by Gasteiger charge is -2.35. The summed E-state index contributed by atoms with van der Waals surface area (Å²) in [5, 5.41) is 8.14. The number of anilines is 2. The van der Waals surface area contributed by atoms with E-state index in [4.69, 9.17) is 4.74 Å². The van der Waals surface area contributed by atoms with Crippen molar-refractivity contribution in [1.82, 2.24) is 10.2 Å². The number of ether oxygens (including phenoxy) is 1. The minimum Gasteiger partial charge on any atom is -0.459 e. The minimum atomic E-state index is -0.750. The van der Waals surface area contributed by atoms with E-state index in [-0.39, 0.29) is 12.1 Å². The van der Waals surface area contributed by atoms with Gasteiger partial charge in [0.05, 0.1) is 17.7 Å². The van der Waals surface area contributed by atoms with E-state index in [0.29, 0.717) is 34.8 Å². The third-order valence-electron chi connectivity index (χ3n) is 5.17. The van der Waals surface area contributed by atoms with Gasteiger partial charge in [-0.15, -0.1) is 0 Å². The Morgan fingerprint density at radius 3 is 2.38 bits per heavy atom. The van der Waals surface area contributed by atoms with Gasteiger partial charge in [-0.05, 0) is 63.1 Å². The first-order chi connectivity index (χ1) is 16.2. The summed E-state index contributed by atoms with van der Waals surface area (Å²) >= 11 is 0. The van der Waals surface area contributed by atoms with Gasteiger partial charge in [0.1, 0.15) is 5.82 Å². The highest BCUT2D eigenvalue weighted by Gasteiger charge is 2.36. The van der Waals surface area contributed by atoms with E-state index in [1.165, 1.54) is 23.1 Å². The van der Waals surface area contributed by atoms with Gasteiger partial charge in [-0.3, -0.25) is 4.90 Å². The second-order valence-corrected chi connectivity index (χ2v) is 8.20. The molecule has 0 fully saturated rings. The number of carbonyl (C=O) groups excluding carboxylic acids is 3. The smallest absolute Gasteiger partial charge is 0.338 e. The molecule has 2 aromatic rings. The maximum atomic E-state index is 13.4. The molecule has 1 unspecified atom stereocenters. The van der Waals surface area contributed by atoms with Gasteiger partial charge in [0.25, 0.3) is 0 Å². The highest BCUT2D eigenvalue weighted by atomic mass is 19.1. The lowest BCUT2D eigenvalue weighted by molar-refractivity contribution is -0.143. The van der Waals surface area contributed by atoms with Crippen molar-refractivity contribution < 1.29 is 23.5 Å². The number of urea groups is 2. The van der Waals surface area contributed by atoms with E-state index in [2.05, 4.69) is 16.0 Å². The number of allylic oxidation sites excluding steroid dienone is 1. The molecule has 0 bridgehead atoms. The predicted molar refractivity (Wildman–Crippen MR) is 128 cm³/mol. The zero-order valence-corrected chi connectivity index (χ0v) is 19.6. The zero-order valence-electron chi connectivity index (χ0n) is 19.6. The van der Waals surface area contributed by atoms with E-state index in [1.807, 2.05) is 6.92 Å². The van der Waals surface area contributed by atoms with Crippen molar-refractivity contribution in [3.05, 3.63) is 71.2 Å². The van der Waals surface area contributed by atoms with E-state index in [1.54, 1.807) is 51.1 Å². The summed E-state index contributed by atoms with van der Waals surface area (Å²) in [6, 6.07) is 10.7. The van der Waals surface area contributed by atoms with Gasteiger partial charge >= 0.3 is 18.0 Å². The summed E-state index contributed by atoms with van der Waals surface area (Å²) in [6.45, 7) is 7.66. The molecule has 1 atom stereocenters. The molecule has 1 heterocycles. The molecule has 0 saturated heterocycles. The minimum absolute atomic E-state index is 0.307. The van der Waals surface area contributed by atoms with E-state index >= 15 is 0 Å². The molecule has 4 amide bonds. The molecule has 3 rings (SSSR count). The first-order valence-electron chi connectivity index (χ1n) is 11.1. The number of hydrogen-bond acceptors (Lipinski definition) is 4. The van der Waals surface area contributed by atoms with Crippen LogP contribution in [0.4, 0.5) is 25.4 Å². The number of halogens is 1. The number of rotatable bonds is 7. The molecule has 0 aromatic heterocycles. The van der Waals surface area contributed by atoms with Crippen LogP contribution in [0, 0.1) is 5.82 Å². The fraction of sp³-hybridized carbons (Fsp3) is 0.320. The van der Waals surface area contributed by atoms with Crippen molar-refractivity contribution in [3.63, 3.8) is 0 Å². The van der Waals surface area contributed by atoms with Crippen LogP contribution in [0.3, 0.4) is 0 Å². The highest BCUT2D eigenvalue weighted by molar-refractivity contribution is 6.00. The van der Waals surface area contributed by atoms with Crippen LogP contribution in [-0.4, -0.2) is 35.6 Å². The van der Waals surface area contributed by atoms with Crippen LogP contribution in [0.1, 0.15) is 45.7 Å². The van der Waals surface area contributed by atoms with Crippen LogP contribution in [-0.2, 0) is 9.53 Å². The molecule has 1 aliphatic rings. The van der Waals surface area contributed by atoms with Crippen LogP contribution in [0.25, 0.3) is 0 Å². The molecular formula is C25H29FN4O4. The first-order valence-corrected chi connectivity index (χ1v) is 11.1. The number of nitrogens with zero attached hydrogens (tertiary/aromatic N) is 1. The zero-order chi connectivity index (χ0) is 24.8. The summed E-state index contributed by atoms with van der Waals surface area (Å²) in [5.41, 5.74) is 2.21. The number of benzene rings is 2. The molecule has 0 saturated carbocycles. The molecular weight excluding hydrogens is 439 g/mol.